The van der Waals surface area contributed by atoms with Gasteiger partial charge in [-0.3, -0.25) is 4.98 Å². The number of nitrogens with zero attached hydrogens (tertiary/aromatic N) is 4. The first-order chi connectivity index (χ1) is 9.22. The molecule has 0 amide bonds. The van der Waals surface area contributed by atoms with Gasteiger partial charge in [0.05, 0.1) is 6.61 Å². The Morgan fingerprint density at radius 1 is 1.21 bits per heavy atom. The summed E-state index contributed by atoms with van der Waals surface area (Å²) in [6.07, 6.45) is 2.65. The minimum atomic E-state index is 0.330. The number of aryl methyl sites for hydroxylation is 1. The van der Waals surface area contributed by atoms with Crippen molar-refractivity contribution in [2.45, 2.75) is 20.3 Å². The maximum atomic E-state index is 5.46. The van der Waals surface area contributed by atoms with Crippen molar-refractivity contribution in [3.8, 4) is 17.4 Å². The van der Waals surface area contributed by atoms with E-state index in [4.69, 9.17) is 4.74 Å². The van der Waals surface area contributed by atoms with E-state index >= 15 is 0 Å². The lowest BCUT2D eigenvalue weighted by atomic mass is 10.2. The molecule has 100 valence electrons. The summed E-state index contributed by atoms with van der Waals surface area (Å²) in [6.45, 7) is 4.55. The van der Waals surface area contributed by atoms with Crippen LogP contribution in [0.1, 0.15) is 19.0 Å². The second-order valence-electron chi connectivity index (χ2n) is 4.05. The maximum absolute atomic E-state index is 5.46. The molecule has 0 fully saturated rings. The van der Waals surface area contributed by atoms with Crippen LogP contribution in [0.2, 0.25) is 0 Å². The summed E-state index contributed by atoms with van der Waals surface area (Å²) in [6, 6.07) is 4.18. The molecule has 0 aliphatic rings. The van der Waals surface area contributed by atoms with Gasteiger partial charge in [-0.2, -0.15) is 15.0 Å². The van der Waals surface area contributed by atoms with Crippen molar-refractivity contribution < 1.29 is 4.74 Å². The van der Waals surface area contributed by atoms with E-state index in [2.05, 4.69) is 25.3 Å². The fourth-order valence-corrected chi connectivity index (χ4v) is 1.46. The van der Waals surface area contributed by atoms with Crippen LogP contribution < -0.4 is 10.1 Å². The molecular weight excluding hydrogens is 242 g/mol. The van der Waals surface area contributed by atoms with Gasteiger partial charge in [0.1, 0.15) is 0 Å². The number of hydrogen-bond acceptors (Lipinski definition) is 6. The second-order valence-corrected chi connectivity index (χ2v) is 4.05. The zero-order valence-electron chi connectivity index (χ0n) is 11.3. The fraction of sp³-hybridized carbons (Fsp3) is 0.385. The highest BCUT2D eigenvalue weighted by atomic mass is 16.5. The van der Waals surface area contributed by atoms with Gasteiger partial charge < -0.3 is 10.1 Å². The zero-order valence-corrected chi connectivity index (χ0v) is 11.3. The Bertz CT molecular complexity index is 541. The summed E-state index contributed by atoms with van der Waals surface area (Å²) >= 11 is 0. The molecule has 2 rings (SSSR count). The fourth-order valence-electron chi connectivity index (χ4n) is 1.46. The van der Waals surface area contributed by atoms with Gasteiger partial charge in [-0.25, -0.2) is 0 Å². The largest absolute Gasteiger partial charge is 0.463 e. The summed E-state index contributed by atoms with van der Waals surface area (Å²) in [4.78, 5) is 17.0. The zero-order chi connectivity index (χ0) is 13.7. The van der Waals surface area contributed by atoms with Crippen LogP contribution >= 0.6 is 0 Å². The Morgan fingerprint density at radius 3 is 2.68 bits per heavy atom. The van der Waals surface area contributed by atoms with Crippen LogP contribution in [0.4, 0.5) is 5.95 Å². The topological polar surface area (TPSA) is 72.8 Å². The molecule has 0 aliphatic heterocycles. The van der Waals surface area contributed by atoms with E-state index in [0.717, 1.165) is 17.7 Å². The summed E-state index contributed by atoms with van der Waals surface area (Å²) in [5, 5.41) is 2.90. The Balaban J connectivity index is 2.35. The van der Waals surface area contributed by atoms with Gasteiger partial charge in [-0.05, 0) is 25.5 Å². The SMILES string of the molecule is CCCOc1nc(NC)nc(-c2ccc(C)nc2)n1. The minimum Gasteiger partial charge on any atom is -0.463 e. The maximum Gasteiger partial charge on any atom is 0.321 e. The summed E-state index contributed by atoms with van der Waals surface area (Å²) in [5.41, 5.74) is 1.79. The second kappa shape index (κ2) is 6.08. The molecule has 1 N–H and O–H groups in total. The smallest absolute Gasteiger partial charge is 0.321 e. The molecule has 0 radical (unpaired) electrons. The molecule has 2 aromatic heterocycles. The predicted molar refractivity (Wildman–Crippen MR) is 73.1 cm³/mol. The lowest BCUT2D eigenvalue weighted by Gasteiger charge is -2.07. The van der Waals surface area contributed by atoms with Crippen molar-refractivity contribution >= 4 is 5.95 Å². The van der Waals surface area contributed by atoms with Gasteiger partial charge in [-0.15, -0.1) is 0 Å². The Labute approximate surface area is 112 Å². The van der Waals surface area contributed by atoms with Crippen LogP contribution in [0.15, 0.2) is 18.3 Å². The van der Waals surface area contributed by atoms with E-state index in [1.54, 1.807) is 13.2 Å². The van der Waals surface area contributed by atoms with Crippen molar-refractivity contribution in [3.05, 3.63) is 24.0 Å². The van der Waals surface area contributed by atoms with Crippen molar-refractivity contribution in [2.75, 3.05) is 19.0 Å². The van der Waals surface area contributed by atoms with Gasteiger partial charge in [0.2, 0.25) is 5.95 Å². The van der Waals surface area contributed by atoms with Crippen LogP contribution in [0.25, 0.3) is 11.4 Å². The average molecular weight is 259 g/mol. The van der Waals surface area contributed by atoms with Crippen molar-refractivity contribution in [3.63, 3.8) is 0 Å². The molecule has 2 heterocycles. The predicted octanol–water partition coefficient (Wildman–Crippen LogP) is 2.07. The van der Waals surface area contributed by atoms with Gasteiger partial charge in [-0.1, -0.05) is 6.92 Å². The van der Waals surface area contributed by atoms with Crippen molar-refractivity contribution in [1.82, 2.24) is 19.9 Å². The van der Waals surface area contributed by atoms with Crippen LogP contribution in [0.3, 0.4) is 0 Å². The summed E-state index contributed by atoms with van der Waals surface area (Å²) in [7, 11) is 1.76. The van der Waals surface area contributed by atoms with Gasteiger partial charge in [0.15, 0.2) is 5.82 Å². The first-order valence-corrected chi connectivity index (χ1v) is 6.22. The molecular formula is C13H17N5O. The average Bonchev–Trinajstić information content (AvgIpc) is 2.45. The third-order valence-electron chi connectivity index (χ3n) is 2.44. The molecule has 19 heavy (non-hydrogen) atoms. The molecule has 0 unspecified atom stereocenters. The minimum absolute atomic E-state index is 0.330. The van der Waals surface area contributed by atoms with E-state index < -0.39 is 0 Å². The summed E-state index contributed by atoms with van der Waals surface area (Å²) < 4.78 is 5.46. The third-order valence-corrected chi connectivity index (χ3v) is 2.44. The molecule has 6 nitrogen and oxygen atoms in total. The monoisotopic (exact) mass is 259 g/mol. The van der Waals surface area contributed by atoms with E-state index in [0.29, 0.717) is 24.4 Å². The summed E-state index contributed by atoms with van der Waals surface area (Å²) in [5.74, 6) is 1.04. The molecule has 2 aromatic rings. The first kappa shape index (κ1) is 13.2. The molecule has 0 atom stereocenters. The lowest BCUT2D eigenvalue weighted by molar-refractivity contribution is 0.292. The highest BCUT2D eigenvalue weighted by Gasteiger charge is 2.08. The van der Waals surface area contributed by atoms with Crippen molar-refractivity contribution in [1.29, 1.82) is 0 Å². The quantitative estimate of drug-likeness (QED) is 0.886. The molecule has 6 heteroatoms. The molecule has 0 saturated carbocycles. The molecule has 0 aliphatic carbocycles. The number of anilines is 1. The number of nitrogens with one attached hydrogen (secondary N) is 1. The molecule has 0 aromatic carbocycles. The van der Waals surface area contributed by atoms with Crippen LogP contribution in [0, 0.1) is 6.92 Å². The standard InChI is InChI=1S/C13H17N5O/c1-4-7-19-13-17-11(16-12(14-3)18-13)10-6-5-9(2)15-8-10/h5-6,8H,4,7H2,1-3H3,(H,14,16,17,18). The number of pyridine rings is 1. The van der Waals surface area contributed by atoms with Gasteiger partial charge in [0, 0.05) is 24.5 Å². The third kappa shape index (κ3) is 3.37. The molecule has 0 bridgehead atoms. The number of rotatable bonds is 5. The van der Waals surface area contributed by atoms with E-state index in [9.17, 15) is 0 Å². The van der Waals surface area contributed by atoms with E-state index in [1.165, 1.54) is 0 Å². The van der Waals surface area contributed by atoms with Crippen LogP contribution in [-0.4, -0.2) is 33.6 Å². The molecule has 0 saturated heterocycles. The Kier molecular flexibility index (Phi) is 4.22. The van der Waals surface area contributed by atoms with E-state index in [1.807, 2.05) is 26.0 Å². The van der Waals surface area contributed by atoms with Crippen LogP contribution in [-0.2, 0) is 0 Å². The number of ether oxygens (including phenoxy) is 1. The Morgan fingerprint density at radius 2 is 2.05 bits per heavy atom. The molecule has 0 spiro atoms. The highest BCUT2D eigenvalue weighted by molar-refractivity contribution is 5.55. The lowest BCUT2D eigenvalue weighted by Crippen LogP contribution is -2.06. The van der Waals surface area contributed by atoms with E-state index in [-0.39, 0.29) is 0 Å². The van der Waals surface area contributed by atoms with Crippen LogP contribution in [0.5, 0.6) is 6.01 Å². The van der Waals surface area contributed by atoms with Gasteiger partial charge >= 0.3 is 6.01 Å². The van der Waals surface area contributed by atoms with Gasteiger partial charge in [0.25, 0.3) is 0 Å². The Hall–Kier alpha value is -2.24. The van der Waals surface area contributed by atoms with Crippen molar-refractivity contribution in [2.24, 2.45) is 0 Å². The first-order valence-electron chi connectivity index (χ1n) is 6.22. The normalized spacial score (nSPS) is 10.3. The highest BCUT2D eigenvalue weighted by Crippen LogP contribution is 2.18. The number of aromatic nitrogens is 4. The number of hydrogen-bond donors (Lipinski definition) is 1.